The maximum absolute atomic E-state index is 12.2. The molecule has 2 amide bonds. The minimum Gasteiger partial charge on any atom is -0.348 e. The Morgan fingerprint density at radius 2 is 2.00 bits per heavy atom. The first-order chi connectivity index (χ1) is 9.38. The van der Waals surface area contributed by atoms with Gasteiger partial charge in [-0.1, -0.05) is 20.8 Å². The highest BCUT2D eigenvalue weighted by molar-refractivity contribution is 5.92. The third kappa shape index (κ3) is 3.34. The molecule has 0 unspecified atom stereocenters. The Labute approximate surface area is 118 Å². The van der Waals surface area contributed by atoms with E-state index in [1.54, 1.807) is 0 Å². The maximum atomic E-state index is 12.2. The van der Waals surface area contributed by atoms with Crippen molar-refractivity contribution in [3.05, 3.63) is 11.9 Å². The predicted molar refractivity (Wildman–Crippen MR) is 72.9 cm³/mol. The number of aromatic nitrogens is 3. The molecule has 110 valence electrons. The molecule has 0 bridgehead atoms. The third-order valence-electron chi connectivity index (χ3n) is 3.41. The maximum Gasteiger partial charge on any atom is 0.273 e. The number of carbonyl (C=O) groups excluding carboxylic acids is 2. The van der Waals surface area contributed by atoms with Crippen molar-refractivity contribution in [1.82, 2.24) is 25.6 Å². The van der Waals surface area contributed by atoms with E-state index in [2.05, 4.69) is 20.7 Å². The number of nitrogens with zero attached hydrogens (tertiary/aromatic N) is 3. The van der Waals surface area contributed by atoms with Crippen molar-refractivity contribution in [3.8, 4) is 0 Å². The van der Waals surface area contributed by atoms with E-state index >= 15 is 0 Å². The molecule has 0 atom stereocenters. The Morgan fingerprint density at radius 1 is 1.35 bits per heavy atom. The Balaban J connectivity index is 1.83. The van der Waals surface area contributed by atoms with Crippen LogP contribution in [0.5, 0.6) is 0 Å². The van der Waals surface area contributed by atoms with E-state index in [4.69, 9.17) is 0 Å². The lowest BCUT2D eigenvalue weighted by Gasteiger charge is -2.35. The van der Waals surface area contributed by atoms with Gasteiger partial charge in [0, 0.05) is 24.5 Å². The zero-order valence-electron chi connectivity index (χ0n) is 12.1. The second kappa shape index (κ2) is 5.60. The van der Waals surface area contributed by atoms with E-state index in [9.17, 15) is 9.59 Å². The van der Waals surface area contributed by atoms with Gasteiger partial charge < -0.3 is 10.2 Å². The lowest BCUT2D eigenvalue weighted by Crippen LogP contribution is -2.49. The van der Waals surface area contributed by atoms with Crippen LogP contribution in [0.15, 0.2) is 6.20 Å². The average Bonchev–Trinajstić information content (AvgIpc) is 2.91. The molecule has 2 rings (SSSR count). The molecule has 0 spiro atoms. The summed E-state index contributed by atoms with van der Waals surface area (Å²) < 4.78 is 0. The minimum atomic E-state index is -0.350. The molecule has 2 heterocycles. The average molecular weight is 279 g/mol. The van der Waals surface area contributed by atoms with Crippen molar-refractivity contribution in [2.75, 3.05) is 13.1 Å². The third-order valence-corrected chi connectivity index (χ3v) is 3.41. The highest BCUT2D eigenvalue weighted by Gasteiger charge is 2.30. The topological polar surface area (TPSA) is 91.0 Å². The zero-order valence-corrected chi connectivity index (χ0v) is 12.1. The van der Waals surface area contributed by atoms with Crippen molar-refractivity contribution in [1.29, 1.82) is 0 Å². The second-order valence-electron chi connectivity index (χ2n) is 6.15. The molecule has 1 aromatic rings. The van der Waals surface area contributed by atoms with Gasteiger partial charge in [-0.3, -0.25) is 9.59 Å². The molecule has 7 nitrogen and oxygen atoms in total. The van der Waals surface area contributed by atoms with Gasteiger partial charge in [0.25, 0.3) is 5.91 Å². The van der Waals surface area contributed by atoms with E-state index in [0.717, 1.165) is 12.8 Å². The molecule has 1 aliphatic heterocycles. The number of rotatable bonds is 2. The quantitative estimate of drug-likeness (QED) is 0.828. The van der Waals surface area contributed by atoms with Crippen molar-refractivity contribution < 1.29 is 9.59 Å². The number of piperidine rings is 1. The summed E-state index contributed by atoms with van der Waals surface area (Å²) in [5.74, 6) is -0.0573. The molecule has 0 aliphatic carbocycles. The lowest BCUT2D eigenvalue weighted by molar-refractivity contribution is -0.140. The van der Waals surface area contributed by atoms with Crippen molar-refractivity contribution in [2.24, 2.45) is 5.41 Å². The monoisotopic (exact) mass is 279 g/mol. The first-order valence-electron chi connectivity index (χ1n) is 6.84. The highest BCUT2D eigenvalue weighted by atomic mass is 16.2. The van der Waals surface area contributed by atoms with Gasteiger partial charge in [0.15, 0.2) is 5.69 Å². The van der Waals surface area contributed by atoms with Gasteiger partial charge in [-0.25, -0.2) is 0 Å². The molecule has 1 saturated heterocycles. The summed E-state index contributed by atoms with van der Waals surface area (Å²) in [5, 5.41) is 12.7. The predicted octanol–water partition coefficient (Wildman–Crippen LogP) is 0.572. The van der Waals surface area contributed by atoms with Crippen LogP contribution in [0.25, 0.3) is 0 Å². The Hall–Kier alpha value is -1.92. The van der Waals surface area contributed by atoms with Crippen LogP contribution in [-0.4, -0.2) is 51.3 Å². The van der Waals surface area contributed by atoms with E-state index < -0.39 is 0 Å². The summed E-state index contributed by atoms with van der Waals surface area (Å²) in [7, 11) is 0. The Bertz CT molecular complexity index is 469. The number of carbonyl (C=O) groups is 2. The van der Waals surface area contributed by atoms with Gasteiger partial charge in [0.1, 0.15) is 0 Å². The summed E-state index contributed by atoms with van der Waals surface area (Å²) in [6.45, 7) is 7.13. The van der Waals surface area contributed by atoms with Crippen LogP contribution in [0.3, 0.4) is 0 Å². The molecular weight excluding hydrogens is 258 g/mol. The second-order valence-corrected chi connectivity index (χ2v) is 6.15. The molecule has 1 aromatic heterocycles. The molecule has 20 heavy (non-hydrogen) atoms. The Morgan fingerprint density at radius 3 is 2.50 bits per heavy atom. The largest absolute Gasteiger partial charge is 0.348 e. The normalized spacial score (nSPS) is 17.1. The summed E-state index contributed by atoms with van der Waals surface area (Å²) >= 11 is 0. The lowest BCUT2D eigenvalue weighted by atomic mass is 9.93. The number of hydrogen-bond acceptors (Lipinski definition) is 4. The van der Waals surface area contributed by atoms with Crippen LogP contribution in [0.1, 0.15) is 44.1 Å². The van der Waals surface area contributed by atoms with Crippen molar-refractivity contribution in [3.63, 3.8) is 0 Å². The fraction of sp³-hybridized carbons (Fsp3) is 0.692. The summed E-state index contributed by atoms with van der Waals surface area (Å²) in [6, 6.07) is 0.0863. The van der Waals surface area contributed by atoms with Gasteiger partial charge in [-0.15, -0.1) is 0 Å². The molecule has 7 heteroatoms. The van der Waals surface area contributed by atoms with Crippen LogP contribution >= 0.6 is 0 Å². The molecule has 1 aliphatic rings. The number of H-pyrrole nitrogens is 1. The summed E-state index contributed by atoms with van der Waals surface area (Å²) in [6.07, 6.45) is 2.93. The summed E-state index contributed by atoms with van der Waals surface area (Å²) in [5.41, 5.74) is -0.0604. The van der Waals surface area contributed by atoms with Crippen LogP contribution in [-0.2, 0) is 4.79 Å². The highest BCUT2D eigenvalue weighted by Crippen LogP contribution is 2.21. The molecule has 0 saturated carbocycles. The van der Waals surface area contributed by atoms with Crippen LogP contribution in [0, 0.1) is 5.41 Å². The van der Waals surface area contributed by atoms with Gasteiger partial charge >= 0.3 is 0 Å². The van der Waals surface area contributed by atoms with Gasteiger partial charge in [-0.2, -0.15) is 15.4 Å². The van der Waals surface area contributed by atoms with E-state index in [-0.39, 0.29) is 29.0 Å². The van der Waals surface area contributed by atoms with Crippen LogP contribution in [0.4, 0.5) is 0 Å². The fourth-order valence-corrected chi connectivity index (χ4v) is 2.27. The smallest absolute Gasteiger partial charge is 0.273 e. The molecule has 1 fully saturated rings. The van der Waals surface area contributed by atoms with Gasteiger partial charge in [0.05, 0.1) is 6.20 Å². The first kappa shape index (κ1) is 14.5. The minimum absolute atomic E-state index is 0.0863. The van der Waals surface area contributed by atoms with E-state index in [0.29, 0.717) is 13.1 Å². The number of nitrogens with one attached hydrogen (secondary N) is 2. The van der Waals surface area contributed by atoms with Crippen molar-refractivity contribution >= 4 is 11.8 Å². The van der Waals surface area contributed by atoms with E-state index in [1.807, 2.05) is 25.7 Å². The number of amides is 2. The fourth-order valence-electron chi connectivity index (χ4n) is 2.27. The van der Waals surface area contributed by atoms with E-state index in [1.165, 1.54) is 6.20 Å². The number of likely N-dealkylation sites (tertiary alicyclic amines) is 1. The van der Waals surface area contributed by atoms with Crippen LogP contribution < -0.4 is 5.32 Å². The zero-order chi connectivity index (χ0) is 14.8. The van der Waals surface area contributed by atoms with Crippen molar-refractivity contribution in [2.45, 2.75) is 39.7 Å². The first-order valence-corrected chi connectivity index (χ1v) is 6.84. The molecule has 2 N–H and O–H groups in total. The van der Waals surface area contributed by atoms with Gasteiger partial charge in [-0.05, 0) is 12.8 Å². The van der Waals surface area contributed by atoms with Crippen LogP contribution in [0.2, 0.25) is 0 Å². The Kier molecular flexibility index (Phi) is 4.06. The molecule has 0 radical (unpaired) electrons. The molecule has 0 aromatic carbocycles. The number of hydrogen-bond donors (Lipinski definition) is 2. The summed E-state index contributed by atoms with van der Waals surface area (Å²) in [4.78, 5) is 25.9. The molecular formula is C13H21N5O2. The van der Waals surface area contributed by atoms with Gasteiger partial charge in [0.2, 0.25) is 5.91 Å². The number of aromatic amines is 1. The standard InChI is InChI=1S/C13H21N5O2/c1-13(2,3)12(20)18-6-4-9(5-7-18)15-11(19)10-8-14-17-16-10/h8-9H,4-7H2,1-3H3,(H,15,19)(H,14,16,17). The SMILES string of the molecule is CC(C)(C)C(=O)N1CCC(NC(=O)c2cn[nH]n2)CC1.